The number of anilines is 1. The molecule has 2 rings (SSSR count). The Hall–Kier alpha value is -1.53. The summed E-state index contributed by atoms with van der Waals surface area (Å²) in [5, 5.41) is 2.45. The van der Waals surface area contributed by atoms with Crippen LogP contribution in [0.3, 0.4) is 0 Å². The molecule has 1 aromatic carbocycles. The molecular formula is C12H6BrClF2N2O. The number of nitrogens with one attached hydrogen (secondary N) is 1. The van der Waals surface area contributed by atoms with Crippen molar-refractivity contribution in [2.75, 3.05) is 5.32 Å². The summed E-state index contributed by atoms with van der Waals surface area (Å²) in [6.07, 6.45) is 0. The fraction of sp³-hybridized carbons (Fsp3) is 0. The second kappa shape index (κ2) is 5.63. The van der Waals surface area contributed by atoms with Crippen molar-refractivity contribution in [1.82, 2.24) is 4.98 Å². The molecule has 1 aromatic heterocycles. The van der Waals surface area contributed by atoms with Gasteiger partial charge in [0.2, 0.25) is 0 Å². The molecule has 0 spiro atoms. The Morgan fingerprint density at radius 1 is 1.32 bits per heavy atom. The van der Waals surface area contributed by atoms with Gasteiger partial charge in [-0.3, -0.25) is 4.79 Å². The minimum atomic E-state index is -0.887. The van der Waals surface area contributed by atoms with Gasteiger partial charge in [-0.2, -0.15) is 0 Å². The molecule has 1 amide bonds. The second-order valence-corrected chi connectivity index (χ2v) is 4.79. The summed E-state index contributed by atoms with van der Waals surface area (Å²) in [6.45, 7) is 0. The molecule has 0 saturated heterocycles. The highest BCUT2D eigenvalue weighted by atomic mass is 79.9. The zero-order chi connectivity index (χ0) is 14.0. The quantitative estimate of drug-likeness (QED) is 0.834. The van der Waals surface area contributed by atoms with Crippen molar-refractivity contribution in [3.63, 3.8) is 0 Å². The molecule has 0 aliphatic rings. The van der Waals surface area contributed by atoms with Gasteiger partial charge in [-0.05, 0) is 34.1 Å². The van der Waals surface area contributed by atoms with Gasteiger partial charge in [-0.1, -0.05) is 17.7 Å². The Morgan fingerprint density at radius 2 is 2.05 bits per heavy atom. The van der Waals surface area contributed by atoms with E-state index in [0.717, 1.165) is 6.07 Å². The Bertz CT molecular complexity index is 628. The van der Waals surface area contributed by atoms with Crippen molar-refractivity contribution >= 4 is 39.1 Å². The molecule has 7 heteroatoms. The molecule has 0 aliphatic heterocycles. The zero-order valence-corrected chi connectivity index (χ0v) is 11.6. The van der Waals surface area contributed by atoms with Crippen LogP contribution in [0.1, 0.15) is 10.5 Å². The molecule has 0 radical (unpaired) electrons. The van der Waals surface area contributed by atoms with Crippen LogP contribution in [0.2, 0.25) is 5.15 Å². The van der Waals surface area contributed by atoms with Crippen LogP contribution in [0, 0.1) is 11.6 Å². The molecule has 1 N–H and O–H groups in total. The van der Waals surface area contributed by atoms with E-state index in [2.05, 4.69) is 26.2 Å². The first-order valence-corrected chi connectivity index (χ1v) is 6.23. The Kier molecular flexibility index (Phi) is 4.11. The van der Waals surface area contributed by atoms with E-state index >= 15 is 0 Å². The lowest BCUT2D eigenvalue weighted by atomic mass is 10.2. The van der Waals surface area contributed by atoms with Gasteiger partial charge >= 0.3 is 0 Å². The van der Waals surface area contributed by atoms with E-state index in [1.165, 1.54) is 12.1 Å². The summed E-state index contributed by atoms with van der Waals surface area (Å²) in [5.74, 6) is -2.28. The number of rotatable bonds is 2. The van der Waals surface area contributed by atoms with Crippen LogP contribution in [0.5, 0.6) is 0 Å². The van der Waals surface area contributed by atoms with E-state index in [0.29, 0.717) is 6.07 Å². The van der Waals surface area contributed by atoms with E-state index in [1.807, 2.05) is 0 Å². The Morgan fingerprint density at radius 3 is 2.68 bits per heavy atom. The first kappa shape index (κ1) is 13.9. The van der Waals surface area contributed by atoms with E-state index in [1.54, 1.807) is 6.07 Å². The molecule has 19 heavy (non-hydrogen) atoms. The predicted molar refractivity (Wildman–Crippen MR) is 71.3 cm³/mol. The molecule has 1 heterocycles. The molecule has 0 aliphatic carbocycles. The maximum atomic E-state index is 13.5. The summed E-state index contributed by atoms with van der Waals surface area (Å²) in [6, 6.07) is 6.19. The number of hydrogen-bond acceptors (Lipinski definition) is 2. The second-order valence-electron chi connectivity index (χ2n) is 3.54. The average Bonchev–Trinajstić information content (AvgIpc) is 2.33. The number of benzene rings is 1. The zero-order valence-electron chi connectivity index (χ0n) is 9.25. The number of amides is 1. The van der Waals surface area contributed by atoms with Gasteiger partial charge in [0.25, 0.3) is 5.91 Å². The first-order chi connectivity index (χ1) is 8.97. The standard InChI is InChI=1S/C12H6BrClF2N2O/c13-7-4-6(15)5-8(16)11(7)18-12(19)9-2-1-3-10(14)17-9/h1-5H,(H,18,19). The number of halogens is 4. The Labute approximate surface area is 120 Å². The number of carbonyl (C=O) groups excluding carboxylic acids is 1. The van der Waals surface area contributed by atoms with Gasteiger partial charge in [-0.15, -0.1) is 0 Å². The van der Waals surface area contributed by atoms with Crippen LogP contribution in [0.4, 0.5) is 14.5 Å². The van der Waals surface area contributed by atoms with Gasteiger partial charge in [0, 0.05) is 10.5 Å². The fourth-order valence-electron chi connectivity index (χ4n) is 1.37. The van der Waals surface area contributed by atoms with Crippen molar-refractivity contribution in [1.29, 1.82) is 0 Å². The fourth-order valence-corrected chi connectivity index (χ4v) is 2.04. The number of carbonyl (C=O) groups is 1. The minimum Gasteiger partial charge on any atom is -0.317 e. The molecule has 0 fully saturated rings. The third kappa shape index (κ3) is 3.27. The van der Waals surface area contributed by atoms with Crippen LogP contribution < -0.4 is 5.32 Å². The predicted octanol–water partition coefficient (Wildman–Crippen LogP) is 4.03. The van der Waals surface area contributed by atoms with Gasteiger partial charge in [-0.25, -0.2) is 13.8 Å². The van der Waals surface area contributed by atoms with Crippen LogP contribution >= 0.6 is 27.5 Å². The molecule has 98 valence electrons. The van der Waals surface area contributed by atoms with Crippen molar-refractivity contribution in [2.45, 2.75) is 0 Å². The van der Waals surface area contributed by atoms with Gasteiger partial charge in [0.05, 0.1) is 5.69 Å². The van der Waals surface area contributed by atoms with Crippen LogP contribution in [0.15, 0.2) is 34.8 Å². The summed E-state index contributed by atoms with van der Waals surface area (Å²) in [4.78, 5) is 15.6. The monoisotopic (exact) mass is 346 g/mol. The van der Waals surface area contributed by atoms with Crippen LogP contribution in [0.25, 0.3) is 0 Å². The summed E-state index contributed by atoms with van der Waals surface area (Å²) < 4.78 is 26.5. The van der Waals surface area contributed by atoms with Crippen LogP contribution in [-0.2, 0) is 0 Å². The number of pyridine rings is 1. The molecule has 0 unspecified atom stereocenters. The largest absolute Gasteiger partial charge is 0.317 e. The third-order valence-electron chi connectivity index (χ3n) is 2.19. The van der Waals surface area contributed by atoms with E-state index < -0.39 is 17.5 Å². The topological polar surface area (TPSA) is 42.0 Å². The van der Waals surface area contributed by atoms with Crippen molar-refractivity contribution in [3.8, 4) is 0 Å². The molecule has 0 bridgehead atoms. The maximum absolute atomic E-state index is 13.5. The normalized spacial score (nSPS) is 10.3. The highest BCUT2D eigenvalue weighted by Crippen LogP contribution is 2.27. The lowest BCUT2D eigenvalue weighted by Gasteiger charge is -2.08. The van der Waals surface area contributed by atoms with E-state index in [9.17, 15) is 13.6 Å². The molecule has 2 aromatic rings. The minimum absolute atomic E-state index is 0.0307. The van der Waals surface area contributed by atoms with Gasteiger partial charge in [0.15, 0.2) is 5.82 Å². The lowest BCUT2D eigenvalue weighted by molar-refractivity contribution is 0.102. The highest BCUT2D eigenvalue weighted by molar-refractivity contribution is 9.10. The molecular weight excluding hydrogens is 341 g/mol. The van der Waals surface area contributed by atoms with Crippen LogP contribution in [-0.4, -0.2) is 10.9 Å². The van der Waals surface area contributed by atoms with E-state index in [-0.39, 0.29) is 21.0 Å². The maximum Gasteiger partial charge on any atom is 0.274 e. The lowest BCUT2D eigenvalue weighted by Crippen LogP contribution is -2.15. The van der Waals surface area contributed by atoms with E-state index in [4.69, 9.17) is 11.6 Å². The van der Waals surface area contributed by atoms with Crippen molar-refractivity contribution in [2.24, 2.45) is 0 Å². The highest BCUT2D eigenvalue weighted by Gasteiger charge is 2.14. The summed E-state index contributed by atoms with van der Waals surface area (Å²) in [7, 11) is 0. The van der Waals surface area contributed by atoms with Crippen molar-refractivity contribution in [3.05, 3.63) is 57.3 Å². The number of aromatic nitrogens is 1. The van der Waals surface area contributed by atoms with Gasteiger partial charge < -0.3 is 5.32 Å². The van der Waals surface area contributed by atoms with Gasteiger partial charge in [0.1, 0.15) is 16.7 Å². The first-order valence-electron chi connectivity index (χ1n) is 5.06. The number of hydrogen-bond donors (Lipinski definition) is 1. The average molecular weight is 348 g/mol. The SMILES string of the molecule is O=C(Nc1c(F)cc(F)cc1Br)c1cccc(Cl)n1. The smallest absolute Gasteiger partial charge is 0.274 e. The summed E-state index contributed by atoms with van der Waals surface area (Å²) in [5.41, 5.74) is -0.128. The molecule has 3 nitrogen and oxygen atoms in total. The molecule has 0 saturated carbocycles. The van der Waals surface area contributed by atoms with Crippen molar-refractivity contribution < 1.29 is 13.6 Å². The third-order valence-corrected chi connectivity index (χ3v) is 3.03. The molecule has 0 atom stereocenters. The Balaban J connectivity index is 2.29. The number of nitrogens with zero attached hydrogens (tertiary/aromatic N) is 1. The summed E-state index contributed by atoms with van der Waals surface area (Å²) >= 11 is 8.62.